The standard InChI is InChI=1S/C11H22O/c1-9(2)7-11(6,12)8-10(3,4)5/h7,12H,8H2,1-6H3. The van der Waals surface area contributed by atoms with Gasteiger partial charge in [0.15, 0.2) is 0 Å². The first kappa shape index (κ1) is 11.7. The van der Waals surface area contributed by atoms with E-state index in [0.717, 1.165) is 6.42 Å². The van der Waals surface area contributed by atoms with Crippen LogP contribution in [0.4, 0.5) is 0 Å². The molecule has 0 aliphatic heterocycles. The van der Waals surface area contributed by atoms with Gasteiger partial charge in [0.2, 0.25) is 0 Å². The number of rotatable bonds is 2. The van der Waals surface area contributed by atoms with Gasteiger partial charge in [0.05, 0.1) is 5.60 Å². The van der Waals surface area contributed by atoms with Crippen LogP contribution >= 0.6 is 0 Å². The summed E-state index contributed by atoms with van der Waals surface area (Å²) in [6, 6.07) is 0. The quantitative estimate of drug-likeness (QED) is 0.631. The normalized spacial score (nSPS) is 16.9. The summed E-state index contributed by atoms with van der Waals surface area (Å²) in [5.41, 5.74) is 0.691. The molecule has 0 aliphatic rings. The fraction of sp³-hybridized carbons (Fsp3) is 0.818. The topological polar surface area (TPSA) is 20.2 Å². The third kappa shape index (κ3) is 6.41. The van der Waals surface area contributed by atoms with Crippen molar-refractivity contribution in [2.24, 2.45) is 5.41 Å². The van der Waals surface area contributed by atoms with Crippen LogP contribution in [0.1, 0.15) is 48.0 Å². The molecular formula is C11H22O. The van der Waals surface area contributed by atoms with E-state index < -0.39 is 5.60 Å². The molecule has 1 heteroatoms. The Kier molecular flexibility index (Phi) is 3.52. The predicted octanol–water partition coefficient (Wildman–Crippen LogP) is 3.14. The summed E-state index contributed by atoms with van der Waals surface area (Å²) in [6.07, 6.45) is 2.73. The molecule has 0 fully saturated rings. The van der Waals surface area contributed by atoms with Gasteiger partial charge in [0, 0.05) is 0 Å². The molecule has 0 heterocycles. The van der Waals surface area contributed by atoms with Gasteiger partial charge in [0.1, 0.15) is 0 Å². The average Bonchev–Trinajstić information content (AvgIpc) is 1.48. The van der Waals surface area contributed by atoms with E-state index in [-0.39, 0.29) is 5.41 Å². The molecule has 12 heavy (non-hydrogen) atoms. The largest absolute Gasteiger partial charge is 0.386 e. The van der Waals surface area contributed by atoms with E-state index in [1.807, 2.05) is 26.8 Å². The minimum absolute atomic E-state index is 0.176. The van der Waals surface area contributed by atoms with Crippen LogP contribution in [-0.4, -0.2) is 10.7 Å². The molecule has 72 valence electrons. The molecule has 0 aliphatic carbocycles. The van der Waals surface area contributed by atoms with Crippen LogP contribution < -0.4 is 0 Å². The number of hydrogen-bond donors (Lipinski definition) is 1. The zero-order chi connectivity index (χ0) is 9.99. The molecule has 0 amide bonds. The van der Waals surface area contributed by atoms with Crippen molar-refractivity contribution in [3.05, 3.63) is 11.6 Å². The SMILES string of the molecule is CC(C)=CC(C)(O)CC(C)(C)C. The van der Waals surface area contributed by atoms with E-state index >= 15 is 0 Å². The minimum atomic E-state index is -0.656. The van der Waals surface area contributed by atoms with E-state index in [9.17, 15) is 5.11 Å². The Morgan fingerprint density at radius 2 is 1.58 bits per heavy atom. The second kappa shape index (κ2) is 3.61. The summed E-state index contributed by atoms with van der Waals surface area (Å²) in [4.78, 5) is 0. The van der Waals surface area contributed by atoms with Gasteiger partial charge in [-0.15, -0.1) is 0 Å². The molecule has 0 aromatic rings. The molecule has 0 radical (unpaired) electrons. The van der Waals surface area contributed by atoms with Gasteiger partial charge in [-0.05, 0) is 32.6 Å². The van der Waals surface area contributed by atoms with Gasteiger partial charge in [0.25, 0.3) is 0 Å². The van der Waals surface area contributed by atoms with Crippen LogP contribution in [0.3, 0.4) is 0 Å². The number of hydrogen-bond acceptors (Lipinski definition) is 1. The third-order valence-electron chi connectivity index (χ3n) is 1.49. The molecule has 0 aromatic heterocycles. The van der Waals surface area contributed by atoms with Crippen LogP contribution in [0.15, 0.2) is 11.6 Å². The summed E-state index contributed by atoms with van der Waals surface area (Å²) in [5.74, 6) is 0. The lowest BCUT2D eigenvalue weighted by molar-refractivity contribution is 0.0639. The molecule has 1 N–H and O–H groups in total. The van der Waals surface area contributed by atoms with Crippen molar-refractivity contribution in [3.8, 4) is 0 Å². The van der Waals surface area contributed by atoms with Crippen molar-refractivity contribution in [1.82, 2.24) is 0 Å². The minimum Gasteiger partial charge on any atom is -0.386 e. The zero-order valence-electron chi connectivity index (χ0n) is 9.23. The second-order valence-corrected chi connectivity index (χ2v) is 5.32. The maximum atomic E-state index is 9.94. The summed E-state index contributed by atoms with van der Waals surface area (Å²) in [6.45, 7) is 12.3. The average molecular weight is 170 g/mol. The first-order valence-electron chi connectivity index (χ1n) is 4.51. The zero-order valence-corrected chi connectivity index (χ0v) is 9.23. The van der Waals surface area contributed by atoms with Crippen LogP contribution in [0.25, 0.3) is 0 Å². The van der Waals surface area contributed by atoms with Gasteiger partial charge in [-0.3, -0.25) is 0 Å². The molecule has 1 unspecified atom stereocenters. The van der Waals surface area contributed by atoms with Gasteiger partial charge in [-0.25, -0.2) is 0 Å². The molecule has 0 bridgehead atoms. The molecule has 1 atom stereocenters. The molecule has 0 saturated carbocycles. The van der Waals surface area contributed by atoms with Crippen molar-refractivity contribution < 1.29 is 5.11 Å². The smallest absolute Gasteiger partial charge is 0.0807 e. The van der Waals surface area contributed by atoms with E-state index in [0.29, 0.717) is 0 Å². The van der Waals surface area contributed by atoms with Gasteiger partial charge < -0.3 is 5.11 Å². The highest BCUT2D eigenvalue weighted by Crippen LogP contribution is 2.28. The molecule has 0 aromatic carbocycles. The number of allylic oxidation sites excluding steroid dienone is 1. The van der Waals surface area contributed by atoms with E-state index in [4.69, 9.17) is 0 Å². The highest BCUT2D eigenvalue weighted by atomic mass is 16.3. The Morgan fingerprint density at radius 3 is 1.83 bits per heavy atom. The fourth-order valence-corrected chi connectivity index (χ4v) is 1.75. The lowest BCUT2D eigenvalue weighted by Crippen LogP contribution is -2.28. The van der Waals surface area contributed by atoms with E-state index in [1.165, 1.54) is 5.57 Å². The van der Waals surface area contributed by atoms with Crippen LogP contribution in [-0.2, 0) is 0 Å². The van der Waals surface area contributed by atoms with Crippen molar-refractivity contribution in [2.45, 2.75) is 53.6 Å². The lowest BCUT2D eigenvalue weighted by atomic mass is 9.82. The maximum Gasteiger partial charge on any atom is 0.0807 e. The van der Waals surface area contributed by atoms with Gasteiger partial charge >= 0.3 is 0 Å². The fourth-order valence-electron chi connectivity index (χ4n) is 1.75. The predicted molar refractivity (Wildman–Crippen MR) is 54.1 cm³/mol. The lowest BCUT2D eigenvalue weighted by Gasteiger charge is -2.28. The molecule has 1 nitrogen and oxygen atoms in total. The summed E-state index contributed by atoms with van der Waals surface area (Å²) in [5, 5.41) is 9.94. The molecule has 0 rings (SSSR count). The Balaban J connectivity index is 4.34. The maximum absolute atomic E-state index is 9.94. The Morgan fingerprint density at radius 1 is 1.17 bits per heavy atom. The highest BCUT2D eigenvalue weighted by Gasteiger charge is 2.24. The van der Waals surface area contributed by atoms with Crippen molar-refractivity contribution in [1.29, 1.82) is 0 Å². The summed E-state index contributed by atoms with van der Waals surface area (Å²) in [7, 11) is 0. The first-order valence-corrected chi connectivity index (χ1v) is 4.51. The first-order chi connectivity index (χ1) is 5.12. The third-order valence-corrected chi connectivity index (χ3v) is 1.49. The number of aliphatic hydroxyl groups is 1. The summed E-state index contributed by atoms with van der Waals surface area (Å²) < 4.78 is 0. The van der Waals surface area contributed by atoms with Crippen molar-refractivity contribution in [2.75, 3.05) is 0 Å². The van der Waals surface area contributed by atoms with Gasteiger partial charge in [-0.2, -0.15) is 0 Å². The van der Waals surface area contributed by atoms with Crippen molar-refractivity contribution >= 4 is 0 Å². The monoisotopic (exact) mass is 170 g/mol. The molecular weight excluding hydrogens is 148 g/mol. The Labute approximate surface area is 76.5 Å². The van der Waals surface area contributed by atoms with Crippen LogP contribution in [0, 0.1) is 5.41 Å². The van der Waals surface area contributed by atoms with E-state index in [2.05, 4.69) is 20.8 Å². The highest BCUT2D eigenvalue weighted by molar-refractivity contribution is 5.05. The Bertz CT molecular complexity index is 166. The van der Waals surface area contributed by atoms with Gasteiger partial charge in [-0.1, -0.05) is 32.4 Å². The Hall–Kier alpha value is -0.300. The van der Waals surface area contributed by atoms with Crippen molar-refractivity contribution in [3.63, 3.8) is 0 Å². The van der Waals surface area contributed by atoms with Crippen LogP contribution in [0.5, 0.6) is 0 Å². The summed E-state index contributed by atoms with van der Waals surface area (Å²) >= 11 is 0. The molecule has 0 spiro atoms. The van der Waals surface area contributed by atoms with Crippen LogP contribution in [0.2, 0.25) is 0 Å². The molecule has 0 saturated heterocycles. The second-order valence-electron chi connectivity index (χ2n) is 5.32. The van der Waals surface area contributed by atoms with E-state index in [1.54, 1.807) is 0 Å².